The summed E-state index contributed by atoms with van der Waals surface area (Å²) in [5, 5.41) is 8.76. The Bertz CT molecular complexity index is 220. The second kappa shape index (κ2) is 4.87. The molecule has 1 rings (SSSR count). The van der Waals surface area contributed by atoms with Gasteiger partial charge in [-0.05, 0) is 11.1 Å². The molecule has 3 heteroatoms. The van der Waals surface area contributed by atoms with Gasteiger partial charge < -0.3 is 5.11 Å². The molecule has 0 bridgehead atoms. The van der Waals surface area contributed by atoms with Crippen LogP contribution in [-0.4, -0.2) is 12.2 Å². The van der Waals surface area contributed by atoms with Crippen LogP contribution in [0.4, 0.5) is 0 Å². The molecule has 0 radical (unpaired) electrons. The zero-order chi connectivity index (χ0) is 8.81. The predicted molar refractivity (Wildman–Crippen MR) is 46.2 cm³/mol. The Labute approximate surface area is 71.9 Å². The van der Waals surface area contributed by atoms with E-state index in [4.69, 9.17) is 9.94 Å². The Balaban J connectivity index is 2.53. The summed E-state index contributed by atoms with van der Waals surface area (Å²) < 4.78 is 0. The van der Waals surface area contributed by atoms with E-state index in [0.29, 0.717) is 6.61 Å². The van der Waals surface area contributed by atoms with Crippen LogP contribution in [0.5, 0.6) is 0 Å². The third kappa shape index (κ3) is 2.62. The van der Waals surface area contributed by atoms with Crippen molar-refractivity contribution in [1.82, 2.24) is 5.48 Å². The SMILES string of the molecule is CNOCc1ccc(CO)cc1. The van der Waals surface area contributed by atoms with Gasteiger partial charge in [-0.15, -0.1) is 0 Å². The van der Waals surface area contributed by atoms with Gasteiger partial charge in [-0.2, -0.15) is 0 Å². The summed E-state index contributed by atoms with van der Waals surface area (Å²) in [4.78, 5) is 4.98. The van der Waals surface area contributed by atoms with Crippen LogP contribution in [0.1, 0.15) is 11.1 Å². The van der Waals surface area contributed by atoms with Gasteiger partial charge in [0.2, 0.25) is 0 Å². The van der Waals surface area contributed by atoms with Crippen molar-refractivity contribution in [3.8, 4) is 0 Å². The Morgan fingerprint density at radius 3 is 2.33 bits per heavy atom. The third-order valence-corrected chi connectivity index (χ3v) is 1.59. The number of aliphatic hydroxyl groups excluding tert-OH is 1. The van der Waals surface area contributed by atoms with E-state index in [1.54, 1.807) is 7.05 Å². The summed E-state index contributed by atoms with van der Waals surface area (Å²) in [6.07, 6.45) is 0. The number of aliphatic hydroxyl groups is 1. The molecule has 0 saturated carbocycles. The third-order valence-electron chi connectivity index (χ3n) is 1.59. The lowest BCUT2D eigenvalue weighted by atomic mass is 10.1. The summed E-state index contributed by atoms with van der Waals surface area (Å²) in [5.41, 5.74) is 4.60. The molecule has 0 heterocycles. The number of nitrogens with one attached hydrogen (secondary N) is 1. The van der Waals surface area contributed by atoms with E-state index >= 15 is 0 Å². The maximum absolute atomic E-state index is 8.76. The fourth-order valence-corrected chi connectivity index (χ4v) is 0.896. The Hall–Kier alpha value is -0.900. The molecule has 0 spiro atoms. The standard InChI is InChI=1S/C9H13NO2/c1-10-12-7-9-4-2-8(6-11)3-5-9/h2-5,10-11H,6-7H2,1H3. The molecule has 66 valence electrons. The molecule has 0 aliphatic carbocycles. The van der Waals surface area contributed by atoms with Crippen molar-refractivity contribution >= 4 is 0 Å². The monoisotopic (exact) mass is 167 g/mol. The van der Waals surface area contributed by atoms with Crippen molar-refractivity contribution in [2.45, 2.75) is 13.2 Å². The molecule has 1 aromatic rings. The van der Waals surface area contributed by atoms with E-state index in [1.807, 2.05) is 24.3 Å². The van der Waals surface area contributed by atoms with Crippen LogP contribution in [0.25, 0.3) is 0 Å². The molecule has 0 amide bonds. The molecule has 0 aliphatic heterocycles. The first kappa shape index (κ1) is 9.19. The minimum Gasteiger partial charge on any atom is -0.392 e. The van der Waals surface area contributed by atoms with Crippen molar-refractivity contribution in [2.24, 2.45) is 0 Å². The maximum atomic E-state index is 8.76. The van der Waals surface area contributed by atoms with Crippen molar-refractivity contribution in [2.75, 3.05) is 7.05 Å². The highest BCUT2D eigenvalue weighted by molar-refractivity contribution is 5.21. The summed E-state index contributed by atoms with van der Waals surface area (Å²) >= 11 is 0. The number of hydrogen-bond acceptors (Lipinski definition) is 3. The summed E-state index contributed by atoms with van der Waals surface area (Å²) in [7, 11) is 1.72. The zero-order valence-corrected chi connectivity index (χ0v) is 7.08. The number of hydroxylamine groups is 1. The quantitative estimate of drug-likeness (QED) is 0.653. The second-order valence-corrected chi connectivity index (χ2v) is 2.47. The van der Waals surface area contributed by atoms with Gasteiger partial charge in [0.1, 0.15) is 0 Å². The average molecular weight is 167 g/mol. The molecule has 0 unspecified atom stereocenters. The molecule has 1 aromatic carbocycles. The van der Waals surface area contributed by atoms with Crippen LogP contribution in [-0.2, 0) is 18.1 Å². The molecule has 2 N–H and O–H groups in total. The van der Waals surface area contributed by atoms with Crippen LogP contribution in [0.2, 0.25) is 0 Å². The van der Waals surface area contributed by atoms with Crippen molar-refractivity contribution < 1.29 is 9.94 Å². The normalized spacial score (nSPS) is 10.2. The number of hydrogen-bond donors (Lipinski definition) is 2. The Morgan fingerprint density at radius 2 is 1.83 bits per heavy atom. The van der Waals surface area contributed by atoms with Gasteiger partial charge in [0.05, 0.1) is 13.2 Å². The van der Waals surface area contributed by atoms with E-state index in [1.165, 1.54) is 0 Å². The van der Waals surface area contributed by atoms with Crippen molar-refractivity contribution in [3.05, 3.63) is 35.4 Å². The highest BCUT2D eigenvalue weighted by atomic mass is 16.6. The van der Waals surface area contributed by atoms with Crippen molar-refractivity contribution in [3.63, 3.8) is 0 Å². The fourth-order valence-electron chi connectivity index (χ4n) is 0.896. The van der Waals surface area contributed by atoms with Gasteiger partial charge in [-0.1, -0.05) is 24.3 Å². The Morgan fingerprint density at radius 1 is 1.25 bits per heavy atom. The van der Waals surface area contributed by atoms with Gasteiger partial charge in [0.25, 0.3) is 0 Å². The molecular formula is C9H13NO2. The lowest BCUT2D eigenvalue weighted by Gasteiger charge is -2.02. The van der Waals surface area contributed by atoms with E-state index in [-0.39, 0.29) is 6.61 Å². The smallest absolute Gasteiger partial charge is 0.0932 e. The van der Waals surface area contributed by atoms with Gasteiger partial charge in [0.15, 0.2) is 0 Å². The minimum atomic E-state index is 0.0904. The molecule has 0 aliphatic rings. The number of benzene rings is 1. The van der Waals surface area contributed by atoms with Gasteiger partial charge in [0, 0.05) is 7.05 Å². The first-order valence-electron chi connectivity index (χ1n) is 3.84. The predicted octanol–water partition coefficient (Wildman–Crippen LogP) is 0.830. The maximum Gasteiger partial charge on any atom is 0.0932 e. The highest BCUT2D eigenvalue weighted by Crippen LogP contribution is 2.04. The van der Waals surface area contributed by atoms with E-state index in [2.05, 4.69) is 5.48 Å². The summed E-state index contributed by atoms with van der Waals surface area (Å²) in [5.74, 6) is 0. The molecule has 12 heavy (non-hydrogen) atoms. The zero-order valence-electron chi connectivity index (χ0n) is 7.08. The first-order valence-corrected chi connectivity index (χ1v) is 3.84. The topological polar surface area (TPSA) is 41.5 Å². The van der Waals surface area contributed by atoms with Gasteiger partial charge in [-0.3, -0.25) is 4.84 Å². The van der Waals surface area contributed by atoms with Crippen LogP contribution < -0.4 is 5.48 Å². The van der Waals surface area contributed by atoms with Crippen molar-refractivity contribution in [1.29, 1.82) is 0 Å². The molecule has 0 atom stereocenters. The average Bonchev–Trinajstić information content (AvgIpc) is 2.15. The summed E-state index contributed by atoms with van der Waals surface area (Å²) in [6.45, 7) is 0.634. The first-order chi connectivity index (χ1) is 5.86. The summed E-state index contributed by atoms with van der Waals surface area (Å²) in [6, 6.07) is 7.63. The largest absolute Gasteiger partial charge is 0.392 e. The van der Waals surface area contributed by atoms with E-state index in [0.717, 1.165) is 11.1 Å². The lowest BCUT2D eigenvalue weighted by molar-refractivity contribution is 0.0444. The molecule has 0 aromatic heterocycles. The molecule has 0 fully saturated rings. The fraction of sp³-hybridized carbons (Fsp3) is 0.333. The van der Waals surface area contributed by atoms with Crippen LogP contribution in [0, 0.1) is 0 Å². The van der Waals surface area contributed by atoms with Crippen LogP contribution in [0.3, 0.4) is 0 Å². The van der Waals surface area contributed by atoms with E-state index in [9.17, 15) is 0 Å². The lowest BCUT2D eigenvalue weighted by Crippen LogP contribution is -2.06. The van der Waals surface area contributed by atoms with Crippen LogP contribution in [0.15, 0.2) is 24.3 Å². The minimum absolute atomic E-state index is 0.0904. The number of rotatable bonds is 4. The van der Waals surface area contributed by atoms with E-state index < -0.39 is 0 Å². The Kier molecular flexibility index (Phi) is 3.73. The van der Waals surface area contributed by atoms with Gasteiger partial charge in [-0.25, -0.2) is 5.48 Å². The second-order valence-electron chi connectivity index (χ2n) is 2.47. The van der Waals surface area contributed by atoms with Crippen LogP contribution >= 0.6 is 0 Å². The van der Waals surface area contributed by atoms with Gasteiger partial charge >= 0.3 is 0 Å². The molecule has 3 nitrogen and oxygen atoms in total. The molecule has 0 saturated heterocycles. The molecular weight excluding hydrogens is 154 g/mol. The highest BCUT2D eigenvalue weighted by Gasteiger charge is 1.92.